The lowest BCUT2D eigenvalue weighted by Gasteiger charge is -2.31. The van der Waals surface area contributed by atoms with Gasteiger partial charge < -0.3 is 9.80 Å². The highest BCUT2D eigenvalue weighted by Gasteiger charge is 2.20. The highest BCUT2D eigenvalue weighted by Crippen LogP contribution is 2.23. The van der Waals surface area contributed by atoms with Gasteiger partial charge in [0.15, 0.2) is 0 Å². The van der Waals surface area contributed by atoms with E-state index >= 15 is 0 Å². The summed E-state index contributed by atoms with van der Waals surface area (Å²) in [5, 5.41) is 5.23. The van der Waals surface area contributed by atoms with Gasteiger partial charge in [0.2, 0.25) is 10.1 Å². The first-order valence-corrected chi connectivity index (χ1v) is 7.69. The fourth-order valence-electron chi connectivity index (χ4n) is 2.60. The highest BCUT2D eigenvalue weighted by atomic mass is 32.1. The summed E-state index contributed by atoms with van der Waals surface area (Å²) >= 11 is 1.46. The Kier molecular flexibility index (Phi) is 3.71. The fourth-order valence-corrected chi connectivity index (χ4v) is 3.44. The van der Waals surface area contributed by atoms with Crippen LogP contribution in [0.3, 0.4) is 0 Å². The summed E-state index contributed by atoms with van der Waals surface area (Å²) in [6.07, 6.45) is 3.99. The Labute approximate surface area is 121 Å². The Bertz CT molecular complexity index is 643. The van der Waals surface area contributed by atoms with E-state index in [4.69, 9.17) is 0 Å². The first kappa shape index (κ1) is 13.5. The second-order valence-electron chi connectivity index (χ2n) is 5.49. The quantitative estimate of drug-likeness (QED) is 0.842. The maximum Gasteiger partial charge on any atom is 0.275 e. The van der Waals surface area contributed by atoms with Crippen molar-refractivity contribution in [3.63, 3.8) is 0 Å². The molecular weight excluding hydrogens is 274 g/mol. The summed E-state index contributed by atoms with van der Waals surface area (Å²) in [6.45, 7) is 3.32. The molecule has 0 N–H and O–H groups in total. The van der Waals surface area contributed by atoms with Gasteiger partial charge in [-0.25, -0.2) is 4.98 Å². The van der Waals surface area contributed by atoms with E-state index < -0.39 is 0 Å². The molecule has 0 radical (unpaired) electrons. The molecule has 6 nitrogen and oxygen atoms in total. The van der Waals surface area contributed by atoms with Crippen LogP contribution in [0.15, 0.2) is 17.1 Å². The Balaban J connectivity index is 1.74. The zero-order valence-corrected chi connectivity index (χ0v) is 12.6. The minimum absolute atomic E-state index is 0.120. The summed E-state index contributed by atoms with van der Waals surface area (Å²) in [7, 11) is 4.21. The number of rotatable bonds is 3. The molecule has 0 aromatic carbocycles. The maximum absolute atomic E-state index is 11.7. The van der Waals surface area contributed by atoms with Gasteiger partial charge in [-0.15, -0.1) is 5.10 Å². The second kappa shape index (κ2) is 5.49. The number of hydrogen-bond donors (Lipinski definition) is 0. The van der Waals surface area contributed by atoms with Gasteiger partial charge in [0.25, 0.3) is 5.56 Å². The Hall–Kier alpha value is -1.47. The second-order valence-corrected chi connectivity index (χ2v) is 6.42. The van der Waals surface area contributed by atoms with Crippen LogP contribution < -0.4 is 10.5 Å². The summed E-state index contributed by atoms with van der Waals surface area (Å²) in [4.78, 5) is 21.0. The first-order valence-electron chi connectivity index (χ1n) is 6.88. The molecule has 0 spiro atoms. The zero-order valence-electron chi connectivity index (χ0n) is 11.8. The molecule has 3 heterocycles. The standard InChI is InChI=1S/C13H19N5OS/c1-16-7-4-10(5-8-16)9-17(2)13-15-18-11(19)3-6-14-12(18)20-13/h3,6,10H,4-5,7-9H2,1-2H3. The number of piperidine rings is 1. The van der Waals surface area contributed by atoms with Gasteiger partial charge >= 0.3 is 0 Å². The Morgan fingerprint density at radius 3 is 2.90 bits per heavy atom. The normalized spacial score (nSPS) is 17.7. The zero-order chi connectivity index (χ0) is 14.1. The van der Waals surface area contributed by atoms with Crippen LogP contribution in [-0.4, -0.2) is 53.2 Å². The summed E-state index contributed by atoms with van der Waals surface area (Å²) in [5.41, 5.74) is -0.120. The molecule has 0 atom stereocenters. The van der Waals surface area contributed by atoms with E-state index in [0.29, 0.717) is 10.9 Å². The van der Waals surface area contributed by atoms with Gasteiger partial charge in [-0.05, 0) is 38.9 Å². The molecular formula is C13H19N5OS. The largest absolute Gasteiger partial charge is 0.349 e. The van der Waals surface area contributed by atoms with Crippen molar-refractivity contribution in [2.45, 2.75) is 12.8 Å². The van der Waals surface area contributed by atoms with E-state index in [0.717, 1.165) is 11.7 Å². The molecule has 20 heavy (non-hydrogen) atoms. The van der Waals surface area contributed by atoms with Crippen LogP contribution in [0.5, 0.6) is 0 Å². The molecule has 0 aliphatic carbocycles. The van der Waals surface area contributed by atoms with E-state index in [1.807, 2.05) is 7.05 Å². The minimum atomic E-state index is -0.120. The van der Waals surface area contributed by atoms with E-state index in [2.05, 4.69) is 26.9 Å². The molecule has 3 rings (SSSR count). The molecule has 2 aromatic rings. The van der Waals surface area contributed by atoms with Crippen molar-refractivity contribution >= 4 is 21.4 Å². The third-order valence-corrected chi connectivity index (χ3v) is 4.89. The topological polar surface area (TPSA) is 53.7 Å². The molecule has 0 bridgehead atoms. The number of hydrogen-bond acceptors (Lipinski definition) is 6. The van der Waals surface area contributed by atoms with Crippen molar-refractivity contribution in [1.82, 2.24) is 19.5 Å². The van der Waals surface area contributed by atoms with Gasteiger partial charge in [-0.3, -0.25) is 4.79 Å². The van der Waals surface area contributed by atoms with Crippen molar-refractivity contribution in [2.24, 2.45) is 5.92 Å². The number of nitrogens with zero attached hydrogens (tertiary/aromatic N) is 5. The summed E-state index contributed by atoms with van der Waals surface area (Å²) < 4.78 is 1.38. The Morgan fingerprint density at radius 1 is 1.45 bits per heavy atom. The number of likely N-dealkylation sites (tertiary alicyclic amines) is 1. The van der Waals surface area contributed by atoms with Crippen LogP contribution in [0.2, 0.25) is 0 Å². The van der Waals surface area contributed by atoms with Crippen molar-refractivity contribution < 1.29 is 0 Å². The Morgan fingerprint density at radius 2 is 2.20 bits per heavy atom. The summed E-state index contributed by atoms with van der Waals surface area (Å²) in [5.74, 6) is 0.702. The molecule has 1 saturated heterocycles. The average molecular weight is 293 g/mol. The molecule has 1 aliphatic heterocycles. The van der Waals surface area contributed by atoms with E-state index in [-0.39, 0.29) is 5.56 Å². The summed E-state index contributed by atoms with van der Waals surface area (Å²) in [6, 6.07) is 1.44. The van der Waals surface area contributed by atoms with Crippen LogP contribution in [0.4, 0.5) is 5.13 Å². The van der Waals surface area contributed by atoms with Crippen molar-refractivity contribution in [1.29, 1.82) is 0 Å². The average Bonchev–Trinajstić information content (AvgIpc) is 2.87. The van der Waals surface area contributed by atoms with Crippen LogP contribution in [0.25, 0.3) is 4.96 Å². The fraction of sp³-hybridized carbons (Fsp3) is 0.615. The third-order valence-electron chi connectivity index (χ3n) is 3.86. The maximum atomic E-state index is 11.7. The lowest BCUT2D eigenvalue weighted by molar-refractivity contribution is 0.222. The predicted molar refractivity (Wildman–Crippen MR) is 80.6 cm³/mol. The van der Waals surface area contributed by atoms with Crippen molar-refractivity contribution in [3.05, 3.63) is 22.6 Å². The van der Waals surface area contributed by atoms with Crippen molar-refractivity contribution in [2.75, 3.05) is 38.6 Å². The van der Waals surface area contributed by atoms with Crippen LogP contribution in [0, 0.1) is 5.92 Å². The molecule has 108 valence electrons. The minimum Gasteiger partial charge on any atom is -0.349 e. The van der Waals surface area contributed by atoms with Crippen molar-refractivity contribution in [3.8, 4) is 0 Å². The van der Waals surface area contributed by atoms with Crippen LogP contribution in [0.1, 0.15) is 12.8 Å². The SMILES string of the molecule is CN1CCC(CN(C)c2nn3c(=O)ccnc3s2)CC1. The van der Waals surface area contributed by atoms with E-state index in [1.54, 1.807) is 0 Å². The van der Waals surface area contributed by atoms with Gasteiger partial charge in [0.1, 0.15) is 0 Å². The molecule has 2 aromatic heterocycles. The first-order chi connectivity index (χ1) is 9.63. The van der Waals surface area contributed by atoms with Gasteiger partial charge in [-0.1, -0.05) is 11.3 Å². The number of aromatic nitrogens is 3. The van der Waals surface area contributed by atoms with Crippen LogP contribution in [-0.2, 0) is 0 Å². The molecule has 0 unspecified atom stereocenters. The number of fused-ring (bicyclic) bond motifs is 1. The van der Waals surface area contributed by atoms with Gasteiger partial charge in [0.05, 0.1) is 0 Å². The smallest absolute Gasteiger partial charge is 0.275 e. The highest BCUT2D eigenvalue weighted by molar-refractivity contribution is 7.20. The van der Waals surface area contributed by atoms with E-state index in [1.165, 1.54) is 54.0 Å². The predicted octanol–water partition coefficient (Wildman–Crippen LogP) is 0.929. The molecule has 0 saturated carbocycles. The monoisotopic (exact) mass is 293 g/mol. The van der Waals surface area contributed by atoms with Gasteiger partial charge in [-0.2, -0.15) is 4.52 Å². The van der Waals surface area contributed by atoms with E-state index in [9.17, 15) is 4.79 Å². The molecule has 1 aliphatic rings. The lowest BCUT2D eigenvalue weighted by atomic mass is 9.97. The van der Waals surface area contributed by atoms with Gasteiger partial charge in [0, 0.05) is 25.9 Å². The molecule has 1 fully saturated rings. The molecule has 0 amide bonds. The third kappa shape index (κ3) is 2.69. The molecule has 7 heteroatoms. The number of anilines is 1. The lowest BCUT2D eigenvalue weighted by Crippen LogP contribution is -2.35. The van der Waals surface area contributed by atoms with Crippen LogP contribution >= 0.6 is 11.3 Å².